The summed E-state index contributed by atoms with van der Waals surface area (Å²) in [4.78, 5) is 28.0. The van der Waals surface area contributed by atoms with E-state index in [1.54, 1.807) is 29.0 Å². The lowest BCUT2D eigenvalue weighted by Gasteiger charge is -2.33. The molecule has 1 N–H and O–H groups in total. The number of nitrogens with zero attached hydrogens (tertiary/aromatic N) is 2. The van der Waals surface area contributed by atoms with Gasteiger partial charge in [-0.25, -0.2) is 4.79 Å². The first-order valence-electron chi connectivity index (χ1n) is 12.4. The number of amides is 2. The molecule has 2 heterocycles. The van der Waals surface area contributed by atoms with E-state index in [1.165, 1.54) is 6.26 Å². The van der Waals surface area contributed by atoms with Crippen molar-refractivity contribution in [3.63, 3.8) is 0 Å². The summed E-state index contributed by atoms with van der Waals surface area (Å²) in [6.07, 6.45) is 1.07. The van der Waals surface area contributed by atoms with Crippen molar-refractivity contribution < 1.29 is 28.2 Å². The summed E-state index contributed by atoms with van der Waals surface area (Å²) in [6, 6.07) is 19.3. The first-order valence-corrected chi connectivity index (χ1v) is 12.4. The summed E-state index contributed by atoms with van der Waals surface area (Å²) in [6.45, 7) is 4.87. The Morgan fingerprint density at radius 3 is 2.46 bits per heavy atom. The maximum atomic E-state index is 12.4. The van der Waals surface area contributed by atoms with Gasteiger partial charge in [0.2, 0.25) is 0 Å². The van der Waals surface area contributed by atoms with Crippen LogP contribution in [0, 0.1) is 0 Å². The van der Waals surface area contributed by atoms with Crippen LogP contribution in [0.2, 0.25) is 0 Å². The lowest BCUT2D eigenvalue weighted by atomic mass is 10.1. The minimum atomic E-state index is -0.404. The summed E-state index contributed by atoms with van der Waals surface area (Å²) in [7, 11) is 1.66. The minimum absolute atomic E-state index is 0.139. The van der Waals surface area contributed by atoms with Crippen LogP contribution in [-0.2, 0) is 11.3 Å². The lowest BCUT2D eigenvalue weighted by molar-refractivity contribution is 0.0509. The van der Waals surface area contributed by atoms with E-state index in [-0.39, 0.29) is 25.2 Å². The molecule has 0 spiro atoms. The van der Waals surface area contributed by atoms with Gasteiger partial charge >= 0.3 is 6.09 Å². The number of nitrogens with one attached hydrogen (secondary N) is 1. The molecule has 2 amide bonds. The molecule has 2 aromatic carbocycles. The van der Waals surface area contributed by atoms with E-state index in [9.17, 15) is 9.59 Å². The molecule has 4 rings (SSSR count). The molecule has 1 aliphatic heterocycles. The number of benzene rings is 2. The molecule has 196 valence electrons. The molecule has 9 nitrogen and oxygen atoms in total. The number of hydrogen-bond acceptors (Lipinski definition) is 7. The van der Waals surface area contributed by atoms with Crippen molar-refractivity contribution in [3.05, 3.63) is 83.8 Å². The number of piperazine rings is 1. The summed E-state index contributed by atoms with van der Waals surface area (Å²) in [5.41, 5.74) is 2.24. The first kappa shape index (κ1) is 26.1. The van der Waals surface area contributed by atoms with Crippen molar-refractivity contribution >= 4 is 12.0 Å². The van der Waals surface area contributed by atoms with Crippen LogP contribution in [0.4, 0.5) is 4.79 Å². The first-order chi connectivity index (χ1) is 18.0. The van der Waals surface area contributed by atoms with Gasteiger partial charge in [0.05, 0.1) is 13.4 Å². The topological polar surface area (TPSA) is 93.5 Å². The molecular weight excluding hydrogens is 474 g/mol. The molecule has 1 fully saturated rings. The third-order valence-electron chi connectivity index (χ3n) is 6.24. The zero-order valence-electron chi connectivity index (χ0n) is 21.2. The van der Waals surface area contributed by atoms with Gasteiger partial charge in [0.25, 0.3) is 5.91 Å². The molecule has 37 heavy (non-hydrogen) atoms. The fraction of sp³-hybridized carbons (Fsp3) is 0.357. The molecule has 0 aliphatic carbocycles. The summed E-state index contributed by atoms with van der Waals surface area (Å²) in [5, 5.41) is 3.51. The second kappa shape index (κ2) is 12.8. The second-order valence-corrected chi connectivity index (χ2v) is 8.75. The molecule has 0 bridgehead atoms. The number of rotatable bonds is 10. The zero-order chi connectivity index (χ0) is 26.0. The minimum Gasteiger partial charge on any atom is -0.497 e. The number of hydrogen-bond donors (Lipinski definition) is 1. The Morgan fingerprint density at radius 1 is 0.946 bits per heavy atom. The predicted molar refractivity (Wildman–Crippen MR) is 138 cm³/mol. The summed E-state index contributed by atoms with van der Waals surface area (Å²) < 4.78 is 21.6. The van der Waals surface area contributed by atoms with E-state index in [0.717, 1.165) is 22.6 Å². The highest BCUT2D eigenvalue weighted by molar-refractivity contribution is 5.91. The lowest BCUT2D eigenvalue weighted by Crippen LogP contribution is -2.50. The third kappa shape index (κ3) is 7.27. The van der Waals surface area contributed by atoms with E-state index in [4.69, 9.17) is 18.6 Å². The Bertz CT molecular complexity index is 1160. The Hall–Kier alpha value is -3.98. The third-order valence-corrected chi connectivity index (χ3v) is 6.24. The van der Waals surface area contributed by atoms with E-state index >= 15 is 0 Å². The van der Waals surface area contributed by atoms with Gasteiger partial charge in [-0.05, 0) is 54.4 Å². The Labute approximate surface area is 216 Å². The van der Waals surface area contributed by atoms with Crippen LogP contribution >= 0.6 is 0 Å². The quantitative estimate of drug-likeness (QED) is 0.413. The maximum Gasteiger partial charge on any atom is 0.410 e. The highest BCUT2D eigenvalue weighted by atomic mass is 16.6. The molecule has 1 saturated heterocycles. The molecule has 1 atom stereocenters. The summed E-state index contributed by atoms with van der Waals surface area (Å²) >= 11 is 0. The van der Waals surface area contributed by atoms with Crippen LogP contribution in [-0.4, -0.2) is 68.3 Å². The standard InChI is InChI=1S/C28H33N3O6/c1-21(23-7-4-8-24(19-23)34-2)29-20-22-6-3-9-25(18-22)35-16-17-37-28(33)31-13-11-30(12-14-31)27(32)26-10-5-15-36-26/h3-10,15,18-19,21,29H,11-14,16-17,20H2,1-2H3/t21-/m0/s1. The number of methoxy groups -OCH3 is 1. The molecule has 1 aliphatic rings. The monoisotopic (exact) mass is 507 g/mol. The number of carbonyl (C=O) groups excluding carboxylic acids is 2. The molecule has 9 heteroatoms. The van der Waals surface area contributed by atoms with Crippen LogP contribution in [0.1, 0.15) is 34.6 Å². The van der Waals surface area contributed by atoms with Gasteiger partial charge in [-0.1, -0.05) is 24.3 Å². The maximum absolute atomic E-state index is 12.4. The van der Waals surface area contributed by atoms with Gasteiger partial charge < -0.3 is 33.7 Å². The Morgan fingerprint density at radius 2 is 1.70 bits per heavy atom. The van der Waals surface area contributed by atoms with Crippen molar-refractivity contribution in [1.29, 1.82) is 0 Å². The van der Waals surface area contributed by atoms with E-state index < -0.39 is 6.09 Å². The van der Waals surface area contributed by atoms with Gasteiger partial charge in [-0.3, -0.25) is 4.79 Å². The molecule has 0 unspecified atom stereocenters. The second-order valence-electron chi connectivity index (χ2n) is 8.75. The van der Waals surface area contributed by atoms with Crippen molar-refractivity contribution in [2.45, 2.75) is 19.5 Å². The average Bonchev–Trinajstić information content (AvgIpc) is 3.49. The SMILES string of the molecule is COc1cccc([C@H](C)NCc2cccc(OCCOC(=O)N3CCN(C(=O)c4ccco4)CC3)c2)c1. The smallest absolute Gasteiger partial charge is 0.410 e. The molecule has 1 aromatic heterocycles. The van der Waals surface area contributed by atoms with Crippen LogP contribution in [0.25, 0.3) is 0 Å². The predicted octanol–water partition coefficient (Wildman–Crippen LogP) is 4.11. The van der Waals surface area contributed by atoms with E-state index in [1.807, 2.05) is 42.5 Å². The van der Waals surface area contributed by atoms with Gasteiger partial charge in [0, 0.05) is 38.8 Å². The molecule has 0 radical (unpaired) electrons. The van der Waals surface area contributed by atoms with Gasteiger partial charge in [-0.15, -0.1) is 0 Å². The molecule has 0 saturated carbocycles. The van der Waals surface area contributed by atoms with Crippen molar-refractivity contribution in [3.8, 4) is 11.5 Å². The highest BCUT2D eigenvalue weighted by Crippen LogP contribution is 2.20. The van der Waals surface area contributed by atoms with Gasteiger partial charge in [0.15, 0.2) is 5.76 Å². The fourth-order valence-electron chi connectivity index (χ4n) is 4.07. The van der Waals surface area contributed by atoms with Crippen molar-refractivity contribution in [1.82, 2.24) is 15.1 Å². The Kier molecular flexibility index (Phi) is 9.04. The van der Waals surface area contributed by atoms with Gasteiger partial charge in [0.1, 0.15) is 24.7 Å². The van der Waals surface area contributed by atoms with E-state index in [2.05, 4.69) is 18.3 Å². The molecular formula is C28H33N3O6. The zero-order valence-corrected chi connectivity index (χ0v) is 21.2. The van der Waals surface area contributed by atoms with Crippen LogP contribution in [0.5, 0.6) is 11.5 Å². The van der Waals surface area contributed by atoms with Gasteiger partial charge in [-0.2, -0.15) is 0 Å². The largest absolute Gasteiger partial charge is 0.497 e. The number of carbonyl (C=O) groups is 2. The van der Waals surface area contributed by atoms with Crippen LogP contribution < -0.4 is 14.8 Å². The van der Waals surface area contributed by atoms with Crippen LogP contribution in [0.3, 0.4) is 0 Å². The average molecular weight is 508 g/mol. The van der Waals surface area contributed by atoms with Crippen molar-refractivity contribution in [2.75, 3.05) is 46.5 Å². The molecule has 3 aromatic rings. The number of ether oxygens (including phenoxy) is 3. The highest BCUT2D eigenvalue weighted by Gasteiger charge is 2.26. The normalized spacial score (nSPS) is 14.2. The Balaban J connectivity index is 1.15. The number of furan rings is 1. The van der Waals surface area contributed by atoms with Crippen LogP contribution in [0.15, 0.2) is 71.3 Å². The summed E-state index contributed by atoms with van der Waals surface area (Å²) in [5.74, 6) is 1.69. The van der Waals surface area contributed by atoms with Crippen molar-refractivity contribution in [2.24, 2.45) is 0 Å². The fourth-order valence-corrected chi connectivity index (χ4v) is 4.07. The van der Waals surface area contributed by atoms with E-state index in [0.29, 0.717) is 38.5 Å².